The molecule has 44 heavy (non-hydrogen) atoms. The minimum absolute atomic E-state index is 0.00391. The van der Waals surface area contributed by atoms with Crippen LogP contribution in [0.2, 0.25) is 0 Å². The fourth-order valence-electron chi connectivity index (χ4n) is 4.73. The Morgan fingerprint density at radius 2 is 1.55 bits per heavy atom. The first-order valence-corrected chi connectivity index (χ1v) is 14.6. The highest BCUT2D eigenvalue weighted by Crippen LogP contribution is 2.10. The molecule has 236 valence electrons. The zero-order valence-electron chi connectivity index (χ0n) is 24.9. The lowest BCUT2D eigenvalue weighted by Gasteiger charge is -2.26. The van der Waals surface area contributed by atoms with E-state index in [1.54, 1.807) is 12.1 Å². The van der Waals surface area contributed by atoms with Crippen LogP contribution >= 0.6 is 0 Å². The van der Waals surface area contributed by atoms with Gasteiger partial charge in [-0.1, -0.05) is 56.3 Å². The molecule has 4 atom stereocenters. The average Bonchev–Trinajstić information content (AvgIpc) is 2.98. The van der Waals surface area contributed by atoms with Gasteiger partial charge in [-0.3, -0.25) is 28.8 Å². The summed E-state index contributed by atoms with van der Waals surface area (Å²) in [6, 6.07) is 11.4. The average molecular weight is 608 g/mol. The van der Waals surface area contributed by atoms with Crippen molar-refractivity contribution in [1.29, 1.82) is 0 Å². The van der Waals surface area contributed by atoms with E-state index in [0.29, 0.717) is 17.5 Å². The predicted molar refractivity (Wildman–Crippen MR) is 163 cm³/mol. The summed E-state index contributed by atoms with van der Waals surface area (Å²) >= 11 is 0. The second kappa shape index (κ2) is 16.2. The second-order valence-corrected chi connectivity index (χ2v) is 11.2. The van der Waals surface area contributed by atoms with Gasteiger partial charge in [0.2, 0.25) is 35.4 Å². The third-order valence-electron chi connectivity index (χ3n) is 7.09. The Bertz CT molecular complexity index is 1330. The molecule has 1 aliphatic heterocycles. The van der Waals surface area contributed by atoms with Gasteiger partial charge in [-0.15, -0.1) is 0 Å². The van der Waals surface area contributed by atoms with Gasteiger partial charge >= 0.3 is 0 Å². The molecule has 13 nitrogen and oxygen atoms in total. The van der Waals surface area contributed by atoms with Gasteiger partial charge in [0.15, 0.2) is 0 Å². The molecule has 0 aromatic heterocycles. The van der Waals surface area contributed by atoms with Crippen LogP contribution < -0.4 is 38.1 Å². The van der Waals surface area contributed by atoms with Crippen molar-refractivity contribution in [2.24, 2.45) is 17.4 Å². The minimum atomic E-state index is -1.11. The Hall–Kier alpha value is -4.78. The van der Waals surface area contributed by atoms with Crippen molar-refractivity contribution in [2.45, 2.75) is 63.7 Å². The minimum Gasteiger partial charge on any atom is -0.366 e. The summed E-state index contributed by atoms with van der Waals surface area (Å²) in [5.74, 6) is -3.36. The smallest absolute Gasteiger partial charge is 0.248 e. The lowest BCUT2D eigenvalue weighted by Crippen LogP contribution is -2.58. The van der Waals surface area contributed by atoms with E-state index in [2.05, 4.69) is 26.6 Å². The van der Waals surface area contributed by atoms with E-state index in [1.807, 2.05) is 44.2 Å². The number of hydrogen-bond donors (Lipinski definition) is 7. The molecule has 1 fully saturated rings. The summed E-state index contributed by atoms with van der Waals surface area (Å²) in [4.78, 5) is 76.6. The number of amides is 6. The molecule has 2 aromatic rings. The maximum atomic E-state index is 13.3. The summed E-state index contributed by atoms with van der Waals surface area (Å²) in [7, 11) is 0. The maximum Gasteiger partial charge on any atom is 0.248 e. The van der Waals surface area contributed by atoms with Crippen molar-refractivity contribution in [3.63, 3.8) is 0 Å². The first-order valence-electron chi connectivity index (χ1n) is 14.6. The van der Waals surface area contributed by atoms with E-state index in [-0.39, 0.29) is 31.7 Å². The van der Waals surface area contributed by atoms with E-state index >= 15 is 0 Å². The Kier molecular flexibility index (Phi) is 12.4. The number of nitrogens with one attached hydrogen (secondary N) is 5. The quantitative estimate of drug-likeness (QED) is 0.189. The van der Waals surface area contributed by atoms with Crippen LogP contribution in [0.4, 0.5) is 0 Å². The topological polar surface area (TPSA) is 215 Å². The highest BCUT2D eigenvalue weighted by molar-refractivity contribution is 5.95. The van der Waals surface area contributed by atoms with Crippen LogP contribution in [-0.2, 0) is 36.8 Å². The van der Waals surface area contributed by atoms with Gasteiger partial charge < -0.3 is 38.1 Å². The van der Waals surface area contributed by atoms with Crippen molar-refractivity contribution in [2.75, 3.05) is 13.1 Å². The Morgan fingerprint density at radius 3 is 2.18 bits per heavy atom. The van der Waals surface area contributed by atoms with Crippen LogP contribution in [0.15, 0.2) is 54.6 Å². The largest absolute Gasteiger partial charge is 0.366 e. The van der Waals surface area contributed by atoms with Gasteiger partial charge in [0.05, 0.1) is 12.6 Å². The van der Waals surface area contributed by atoms with Gasteiger partial charge in [-0.2, -0.15) is 0 Å². The molecular weight excluding hydrogens is 566 g/mol. The Balaban J connectivity index is 1.74. The molecule has 9 N–H and O–H groups in total. The molecule has 3 unspecified atom stereocenters. The third kappa shape index (κ3) is 10.5. The van der Waals surface area contributed by atoms with Gasteiger partial charge in [-0.25, -0.2) is 0 Å². The molecule has 0 radical (unpaired) electrons. The molecule has 3 rings (SSSR count). The fourth-order valence-corrected chi connectivity index (χ4v) is 4.73. The monoisotopic (exact) mass is 607 g/mol. The van der Waals surface area contributed by atoms with E-state index in [4.69, 9.17) is 11.5 Å². The molecular formula is C31H41N7O6. The number of primary amides is 1. The number of hydrogen-bond acceptors (Lipinski definition) is 7. The van der Waals surface area contributed by atoms with Crippen LogP contribution in [0.5, 0.6) is 0 Å². The number of rotatable bonds is 9. The Labute approximate surface area is 256 Å². The normalized spacial score (nSPS) is 20.8. The molecule has 0 aliphatic carbocycles. The number of carbonyl (C=O) groups excluding carboxylic acids is 6. The molecule has 1 aliphatic rings. The molecule has 2 aromatic carbocycles. The number of benzene rings is 2. The van der Waals surface area contributed by atoms with Crippen molar-refractivity contribution in [1.82, 2.24) is 26.6 Å². The second-order valence-electron chi connectivity index (χ2n) is 11.2. The van der Waals surface area contributed by atoms with Gasteiger partial charge in [-0.05, 0) is 48.4 Å². The van der Waals surface area contributed by atoms with Gasteiger partial charge in [0.1, 0.15) is 18.1 Å². The highest BCUT2D eigenvalue weighted by atomic mass is 16.2. The van der Waals surface area contributed by atoms with E-state index < -0.39 is 66.2 Å². The van der Waals surface area contributed by atoms with Crippen molar-refractivity contribution < 1.29 is 28.8 Å². The molecule has 0 bridgehead atoms. The summed E-state index contributed by atoms with van der Waals surface area (Å²) in [6.45, 7) is 3.40. The van der Waals surface area contributed by atoms with Crippen LogP contribution in [0.1, 0.15) is 48.2 Å². The molecule has 0 spiro atoms. The van der Waals surface area contributed by atoms with Crippen molar-refractivity contribution in [3.05, 3.63) is 71.3 Å². The zero-order valence-corrected chi connectivity index (χ0v) is 24.9. The molecule has 1 heterocycles. The molecule has 13 heteroatoms. The van der Waals surface area contributed by atoms with Crippen molar-refractivity contribution >= 4 is 35.4 Å². The van der Waals surface area contributed by atoms with Crippen LogP contribution in [-0.4, -0.2) is 72.7 Å². The summed E-state index contributed by atoms with van der Waals surface area (Å²) < 4.78 is 0. The van der Waals surface area contributed by atoms with E-state index in [1.165, 1.54) is 12.1 Å². The fraction of sp³-hybridized carbons (Fsp3) is 0.419. The molecule has 0 saturated carbocycles. The van der Waals surface area contributed by atoms with Crippen molar-refractivity contribution in [3.8, 4) is 0 Å². The Morgan fingerprint density at radius 1 is 0.864 bits per heavy atom. The van der Waals surface area contributed by atoms with Crippen LogP contribution in [0.3, 0.4) is 0 Å². The van der Waals surface area contributed by atoms with Gasteiger partial charge in [0.25, 0.3) is 0 Å². The molecule has 6 amide bonds. The number of nitrogens with two attached hydrogens (primary N) is 2. The summed E-state index contributed by atoms with van der Waals surface area (Å²) in [5, 5.41) is 13.3. The molecule has 1 saturated heterocycles. The van der Waals surface area contributed by atoms with E-state index in [9.17, 15) is 28.8 Å². The van der Waals surface area contributed by atoms with E-state index in [0.717, 1.165) is 5.56 Å². The summed E-state index contributed by atoms with van der Waals surface area (Å²) in [6.07, 6.45) is 0.644. The highest BCUT2D eigenvalue weighted by Gasteiger charge is 2.30. The lowest BCUT2D eigenvalue weighted by molar-refractivity contribution is -0.133. The SMILES string of the molecule is CC(C)CC1NC(=O)[C@H](Cc2ccccc2)NC(=O)CNC(=O)C(NC(=O)C(N)Cc2ccc(C(N)=O)cc2)CCNC1=O. The van der Waals surface area contributed by atoms with Crippen LogP contribution in [0, 0.1) is 5.92 Å². The maximum absolute atomic E-state index is 13.3. The predicted octanol–water partition coefficient (Wildman–Crippen LogP) is -0.965. The lowest BCUT2D eigenvalue weighted by atomic mass is 10.0. The summed E-state index contributed by atoms with van der Waals surface area (Å²) in [5.41, 5.74) is 13.2. The standard InChI is InChI=1S/C31H41N7O6/c1-18(2)14-24-30(43)34-13-12-23(37-28(41)22(32)15-20-8-10-21(11-9-20)27(33)40)29(42)35-17-26(39)36-25(31(44)38-24)16-19-6-4-3-5-7-19/h3-11,18,22-25H,12-17,32H2,1-2H3,(H2,33,40)(H,34,43)(H,35,42)(H,36,39)(H,37,41)(H,38,44)/t22?,23?,24?,25-/m0/s1. The van der Waals surface area contributed by atoms with Crippen LogP contribution in [0.25, 0.3) is 0 Å². The number of carbonyl (C=O) groups is 6. The van der Waals surface area contributed by atoms with Gasteiger partial charge in [0, 0.05) is 18.5 Å². The zero-order chi connectivity index (χ0) is 32.2. The third-order valence-corrected chi connectivity index (χ3v) is 7.09. The first kappa shape index (κ1) is 33.7. The first-order chi connectivity index (χ1) is 20.9.